The lowest BCUT2D eigenvalue weighted by molar-refractivity contribution is -0.119. The second-order valence-corrected chi connectivity index (χ2v) is 6.19. The van der Waals surface area contributed by atoms with Crippen LogP contribution in [-0.4, -0.2) is 25.5 Å². The molecule has 1 N–H and O–H groups in total. The zero-order valence-corrected chi connectivity index (χ0v) is 14.5. The zero-order valence-electron chi connectivity index (χ0n) is 14.5. The van der Waals surface area contributed by atoms with Crippen molar-refractivity contribution in [2.45, 2.75) is 26.2 Å². The molecule has 5 nitrogen and oxygen atoms in total. The Bertz CT molecular complexity index is 784. The average molecular weight is 338 g/mol. The van der Waals surface area contributed by atoms with Gasteiger partial charge in [-0.3, -0.25) is 9.59 Å². The maximum absolute atomic E-state index is 12.3. The van der Waals surface area contributed by atoms with Crippen LogP contribution in [0.2, 0.25) is 0 Å². The Hall–Kier alpha value is -2.82. The molecule has 0 atom stereocenters. The summed E-state index contributed by atoms with van der Waals surface area (Å²) in [5.41, 5.74) is 3.18. The van der Waals surface area contributed by atoms with E-state index in [1.807, 2.05) is 30.0 Å². The van der Waals surface area contributed by atoms with Gasteiger partial charge in [0.15, 0.2) is 0 Å². The third kappa shape index (κ3) is 3.82. The van der Waals surface area contributed by atoms with E-state index in [0.717, 1.165) is 30.6 Å². The number of rotatable bonds is 4. The molecule has 1 aliphatic heterocycles. The third-order valence-electron chi connectivity index (χ3n) is 4.42. The molecule has 0 aromatic heterocycles. The fraction of sp³-hybridized carbons (Fsp3) is 0.300. The van der Waals surface area contributed by atoms with Crippen LogP contribution in [0.1, 0.15) is 35.2 Å². The van der Waals surface area contributed by atoms with Gasteiger partial charge in [-0.1, -0.05) is 0 Å². The highest BCUT2D eigenvalue weighted by molar-refractivity contribution is 6.04. The number of nitrogens with one attached hydrogen (secondary N) is 1. The maximum Gasteiger partial charge on any atom is 0.255 e. The minimum atomic E-state index is -0.177. The van der Waals surface area contributed by atoms with Crippen LogP contribution < -0.4 is 15.0 Å². The molecule has 0 bridgehead atoms. The number of ether oxygens (including phenoxy) is 1. The van der Waals surface area contributed by atoms with E-state index in [1.165, 1.54) is 0 Å². The van der Waals surface area contributed by atoms with Crippen molar-refractivity contribution in [3.8, 4) is 5.75 Å². The number of amides is 2. The molecule has 5 heteroatoms. The Morgan fingerprint density at radius 1 is 1.12 bits per heavy atom. The second kappa shape index (κ2) is 7.38. The van der Waals surface area contributed by atoms with Crippen molar-refractivity contribution in [3.05, 3.63) is 53.6 Å². The molecule has 2 aromatic rings. The molecule has 0 spiro atoms. The van der Waals surface area contributed by atoms with Gasteiger partial charge < -0.3 is 15.0 Å². The molecule has 1 saturated heterocycles. The maximum atomic E-state index is 12.3. The highest BCUT2D eigenvalue weighted by Crippen LogP contribution is 2.27. The highest BCUT2D eigenvalue weighted by Gasteiger charge is 2.21. The predicted molar refractivity (Wildman–Crippen MR) is 98.3 cm³/mol. The Morgan fingerprint density at radius 3 is 2.52 bits per heavy atom. The lowest BCUT2D eigenvalue weighted by Gasteiger charge is -2.28. The number of aryl methyl sites for hydroxylation is 1. The van der Waals surface area contributed by atoms with Crippen molar-refractivity contribution < 1.29 is 14.3 Å². The van der Waals surface area contributed by atoms with Crippen LogP contribution in [0.3, 0.4) is 0 Å². The number of nitrogens with zero attached hydrogens (tertiary/aromatic N) is 1. The molecule has 3 rings (SSSR count). The van der Waals surface area contributed by atoms with Gasteiger partial charge in [-0.2, -0.15) is 0 Å². The molecule has 1 heterocycles. The van der Waals surface area contributed by atoms with E-state index in [4.69, 9.17) is 4.74 Å². The first-order chi connectivity index (χ1) is 12.1. The number of hydrogen-bond acceptors (Lipinski definition) is 3. The van der Waals surface area contributed by atoms with Gasteiger partial charge in [0, 0.05) is 29.9 Å². The highest BCUT2D eigenvalue weighted by atomic mass is 16.5. The summed E-state index contributed by atoms with van der Waals surface area (Å²) in [6.07, 6.45) is 2.60. The first-order valence-corrected chi connectivity index (χ1v) is 8.45. The van der Waals surface area contributed by atoms with Gasteiger partial charge in [0.1, 0.15) is 5.75 Å². The minimum Gasteiger partial charge on any atom is -0.497 e. The summed E-state index contributed by atoms with van der Waals surface area (Å²) >= 11 is 0. The standard InChI is InChI=1S/C20H22N2O3/c1-14-13-16(8-11-18(14)22-12-4-3-5-19(22)23)21-20(24)15-6-9-17(25-2)10-7-15/h6-11,13H,3-5,12H2,1-2H3,(H,21,24). The number of methoxy groups -OCH3 is 1. The summed E-state index contributed by atoms with van der Waals surface area (Å²) in [5.74, 6) is 0.705. The van der Waals surface area contributed by atoms with Crippen LogP contribution >= 0.6 is 0 Å². The SMILES string of the molecule is COc1ccc(C(=O)Nc2ccc(N3CCCCC3=O)c(C)c2)cc1. The Kier molecular flexibility index (Phi) is 5.03. The molecule has 2 amide bonds. The second-order valence-electron chi connectivity index (χ2n) is 6.19. The van der Waals surface area contributed by atoms with E-state index in [9.17, 15) is 9.59 Å². The number of benzene rings is 2. The van der Waals surface area contributed by atoms with Crippen LogP contribution in [0.5, 0.6) is 5.75 Å². The topological polar surface area (TPSA) is 58.6 Å². The van der Waals surface area contributed by atoms with E-state index < -0.39 is 0 Å². The van der Waals surface area contributed by atoms with Gasteiger partial charge in [-0.15, -0.1) is 0 Å². The van der Waals surface area contributed by atoms with Crippen LogP contribution in [-0.2, 0) is 4.79 Å². The smallest absolute Gasteiger partial charge is 0.255 e. The Morgan fingerprint density at radius 2 is 1.88 bits per heavy atom. The molecule has 0 unspecified atom stereocenters. The average Bonchev–Trinajstić information content (AvgIpc) is 2.63. The summed E-state index contributed by atoms with van der Waals surface area (Å²) in [7, 11) is 1.59. The molecule has 25 heavy (non-hydrogen) atoms. The van der Waals surface area contributed by atoms with Crippen LogP contribution in [0, 0.1) is 6.92 Å². The third-order valence-corrected chi connectivity index (χ3v) is 4.42. The normalized spacial score (nSPS) is 14.3. The number of carbonyl (C=O) groups is 2. The van der Waals surface area contributed by atoms with Gasteiger partial charge >= 0.3 is 0 Å². The monoisotopic (exact) mass is 338 g/mol. The van der Waals surface area contributed by atoms with E-state index in [0.29, 0.717) is 23.4 Å². The van der Waals surface area contributed by atoms with Gasteiger partial charge in [0.2, 0.25) is 5.91 Å². The number of piperidine rings is 1. The Balaban J connectivity index is 1.73. The first kappa shape index (κ1) is 17.0. The number of hydrogen-bond donors (Lipinski definition) is 1. The summed E-state index contributed by atoms with van der Waals surface area (Å²) < 4.78 is 5.10. The summed E-state index contributed by atoms with van der Waals surface area (Å²) in [5, 5.41) is 2.89. The molecule has 1 aliphatic rings. The van der Waals surface area contributed by atoms with Crippen molar-refractivity contribution in [2.75, 3.05) is 23.9 Å². The quantitative estimate of drug-likeness (QED) is 0.923. The van der Waals surface area contributed by atoms with Gasteiger partial charge in [0.05, 0.1) is 7.11 Å². The lowest BCUT2D eigenvalue weighted by atomic mass is 10.1. The molecule has 1 fully saturated rings. The van der Waals surface area contributed by atoms with Crippen LogP contribution in [0.25, 0.3) is 0 Å². The summed E-state index contributed by atoms with van der Waals surface area (Å²) in [6.45, 7) is 2.72. The summed E-state index contributed by atoms with van der Waals surface area (Å²) in [4.78, 5) is 26.3. The molecular formula is C20H22N2O3. The summed E-state index contributed by atoms with van der Waals surface area (Å²) in [6, 6.07) is 12.6. The van der Waals surface area contributed by atoms with Crippen molar-refractivity contribution in [1.82, 2.24) is 0 Å². The van der Waals surface area contributed by atoms with E-state index >= 15 is 0 Å². The lowest BCUT2D eigenvalue weighted by Crippen LogP contribution is -2.35. The molecular weight excluding hydrogens is 316 g/mol. The molecule has 0 aliphatic carbocycles. The fourth-order valence-corrected chi connectivity index (χ4v) is 3.04. The predicted octanol–water partition coefficient (Wildman–Crippen LogP) is 3.77. The number of carbonyl (C=O) groups excluding carboxylic acids is 2. The Labute approximate surface area is 147 Å². The molecule has 2 aromatic carbocycles. The fourth-order valence-electron chi connectivity index (χ4n) is 3.04. The first-order valence-electron chi connectivity index (χ1n) is 8.45. The van der Waals surface area contributed by atoms with Gasteiger partial charge in [-0.25, -0.2) is 0 Å². The van der Waals surface area contributed by atoms with Gasteiger partial charge in [0.25, 0.3) is 5.91 Å². The minimum absolute atomic E-state index is 0.171. The molecule has 0 radical (unpaired) electrons. The zero-order chi connectivity index (χ0) is 17.8. The van der Waals surface area contributed by atoms with Gasteiger partial charge in [-0.05, 0) is 67.8 Å². The van der Waals surface area contributed by atoms with Crippen LogP contribution in [0.4, 0.5) is 11.4 Å². The number of anilines is 2. The van der Waals surface area contributed by atoms with Crippen molar-refractivity contribution in [3.63, 3.8) is 0 Å². The van der Waals surface area contributed by atoms with E-state index in [-0.39, 0.29) is 11.8 Å². The van der Waals surface area contributed by atoms with Crippen molar-refractivity contribution in [1.29, 1.82) is 0 Å². The van der Waals surface area contributed by atoms with E-state index in [1.54, 1.807) is 31.4 Å². The largest absolute Gasteiger partial charge is 0.497 e. The van der Waals surface area contributed by atoms with E-state index in [2.05, 4.69) is 5.32 Å². The molecule has 0 saturated carbocycles. The van der Waals surface area contributed by atoms with Crippen LogP contribution in [0.15, 0.2) is 42.5 Å². The van der Waals surface area contributed by atoms with Crippen molar-refractivity contribution >= 4 is 23.2 Å². The van der Waals surface area contributed by atoms with Crippen molar-refractivity contribution in [2.24, 2.45) is 0 Å². The molecule has 130 valence electrons.